The van der Waals surface area contributed by atoms with E-state index in [9.17, 15) is 4.79 Å². The Morgan fingerprint density at radius 2 is 2.06 bits per heavy atom. The van der Waals surface area contributed by atoms with Gasteiger partial charge in [-0.15, -0.1) is 11.3 Å². The van der Waals surface area contributed by atoms with Crippen LogP contribution in [-0.2, 0) is 0 Å². The first-order valence-corrected chi connectivity index (χ1v) is 13.4. The fourth-order valence-electron chi connectivity index (χ4n) is 4.34. The van der Waals surface area contributed by atoms with Crippen LogP contribution in [0.4, 0.5) is 10.1 Å². The summed E-state index contributed by atoms with van der Waals surface area (Å²) in [7, 11) is 0. The normalized spacial score (nSPS) is 19.7. The number of thiophene rings is 1. The van der Waals surface area contributed by atoms with Gasteiger partial charge < -0.3 is 15.0 Å². The van der Waals surface area contributed by atoms with Gasteiger partial charge in [0.25, 0.3) is 5.91 Å². The third-order valence-corrected chi connectivity index (χ3v) is 8.71. The number of anilines is 2. The van der Waals surface area contributed by atoms with E-state index in [-0.39, 0.29) is 5.91 Å². The zero-order valence-corrected chi connectivity index (χ0v) is 21.6. The highest BCUT2D eigenvalue weighted by molar-refractivity contribution is 7.21. The lowest BCUT2D eigenvalue weighted by molar-refractivity contribution is 0.102. The molecule has 0 aliphatic carbocycles. The molecular weight excluding hydrogens is 523 g/mol. The van der Waals surface area contributed by atoms with Crippen LogP contribution < -0.4 is 20.3 Å². The molecule has 2 fully saturated rings. The molecule has 2 N–H and O–H groups in total. The topological polar surface area (TPSA) is 66.5 Å². The van der Waals surface area contributed by atoms with Gasteiger partial charge in [0.2, 0.25) is 0 Å². The fourth-order valence-corrected chi connectivity index (χ4v) is 7.05. The van der Waals surface area contributed by atoms with Crippen molar-refractivity contribution in [1.82, 2.24) is 10.3 Å². The number of amides is 1. The Labute approximate surface area is 214 Å². The third-order valence-electron chi connectivity index (χ3n) is 5.83. The fraction of sp³-hybridized carbons (Fsp3) is 0.364. The maximum atomic E-state index is 13.0. The summed E-state index contributed by atoms with van der Waals surface area (Å²) in [5, 5.41) is 11.2. The van der Waals surface area contributed by atoms with Gasteiger partial charge in [-0.3, -0.25) is 10.1 Å². The monoisotopic (exact) mass is 542 g/mol. The summed E-state index contributed by atoms with van der Waals surface area (Å²) in [6.07, 6.45) is 1.18. The highest BCUT2D eigenvalue weighted by atomic mass is 35.5. The van der Waals surface area contributed by atoms with Crippen LogP contribution in [-0.4, -0.2) is 43.2 Å². The number of nitrogens with one attached hydrogen (secondary N) is 2. The lowest BCUT2D eigenvalue weighted by atomic mass is 10.1. The Hall–Kier alpha value is -1.55. The van der Waals surface area contributed by atoms with Gasteiger partial charge in [0.1, 0.15) is 10.7 Å². The SMILES string of the molecule is CCOc1c(Cl)cc(C(=O)Nc2nc(-c3cc(Cl)cs3)c(N3CC4CCNC4C3)s2)cc1Cl. The van der Waals surface area contributed by atoms with Gasteiger partial charge >= 0.3 is 0 Å². The number of carbonyl (C=O) groups is 1. The van der Waals surface area contributed by atoms with Crippen LogP contribution in [0.15, 0.2) is 23.6 Å². The molecule has 174 valence electrons. The average molecular weight is 544 g/mol. The molecule has 2 saturated heterocycles. The number of carbonyl (C=O) groups excluding carboxylic acids is 1. The third kappa shape index (κ3) is 4.70. The van der Waals surface area contributed by atoms with Crippen LogP contribution >= 0.6 is 57.5 Å². The minimum Gasteiger partial charge on any atom is -0.491 e. The van der Waals surface area contributed by atoms with Crippen LogP contribution in [0.25, 0.3) is 10.6 Å². The second-order valence-corrected chi connectivity index (χ2v) is 11.1. The predicted octanol–water partition coefficient (Wildman–Crippen LogP) is 6.28. The molecule has 0 spiro atoms. The zero-order chi connectivity index (χ0) is 23.1. The van der Waals surface area contributed by atoms with Crippen molar-refractivity contribution in [2.24, 2.45) is 5.92 Å². The molecule has 3 aromatic rings. The number of hydrogen-bond donors (Lipinski definition) is 2. The van der Waals surface area contributed by atoms with E-state index in [2.05, 4.69) is 15.5 Å². The van der Waals surface area contributed by atoms with Crippen molar-refractivity contribution in [1.29, 1.82) is 0 Å². The Balaban J connectivity index is 1.43. The summed E-state index contributed by atoms with van der Waals surface area (Å²) in [5.41, 5.74) is 1.18. The molecule has 11 heteroatoms. The molecular formula is C22H21Cl3N4O2S2. The van der Waals surface area contributed by atoms with Crippen molar-refractivity contribution in [3.8, 4) is 16.3 Å². The van der Waals surface area contributed by atoms with Crippen LogP contribution in [0, 0.1) is 5.92 Å². The molecule has 0 saturated carbocycles. The van der Waals surface area contributed by atoms with Crippen molar-refractivity contribution in [2.75, 3.05) is 36.5 Å². The summed E-state index contributed by atoms with van der Waals surface area (Å²) in [5.74, 6) is 0.676. The van der Waals surface area contributed by atoms with Gasteiger partial charge in [-0.1, -0.05) is 46.1 Å². The summed E-state index contributed by atoms with van der Waals surface area (Å²) in [6, 6.07) is 5.51. The molecule has 0 radical (unpaired) electrons. The van der Waals surface area contributed by atoms with E-state index in [1.54, 1.807) is 23.5 Å². The van der Waals surface area contributed by atoms with E-state index >= 15 is 0 Å². The van der Waals surface area contributed by atoms with Gasteiger partial charge in [0, 0.05) is 30.1 Å². The smallest absolute Gasteiger partial charge is 0.257 e. The molecule has 2 atom stereocenters. The van der Waals surface area contributed by atoms with E-state index in [0.717, 1.165) is 35.2 Å². The van der Waals surface area contributed by atoms with Crippen molar-refractivity contribution in [2.45, 2.75) is 19.4 Å². The quantitative estimate of drug-likeness (QED) is 0.383. The number of ether oxygens (including phenoxy) is 1. The second-order valence-electron chi connectivity index (χ2n) is 7.97. The van der Waals surface area contributed by atoms with Gasteiger partial charge in [-0.2, -0.15) is 0 Å². The maximum Gasteiger partial charge on any atom is 0.257 e. The van der Waals surface area contributed by atoms with Crippen molar-refractivity contribution in [3.05, 3.63) is 44.2 Å². The van der Waals surface area contributed by atoms with Crippen molar-refractivity contribution < 1.29 is 9.53 Å². The minimum atomic E-state index is -0.335. The Morgan fingerprint density at radius 1 is 1.27 bits per heavy atom. The first-order chi connectivity index (χ1) is 15.9. The maximum absolute atomic E-state index is 13.0. The molecule has 0 bridgehead atoms. The van der Waals surface area contributed by atoms with E-state index in [1.807, 2.05) is 18.4 Å². The van der Waals surface area contributed by atoms with Crippen LogP contribution in [0.3, 0.4) is 0 Å². The molecule has 5 rings (SSSR count). The first kappa shape index (κ1) is 23.2. The number of nitrogens with zero attached hydrogens (tertiary/aromatic N) is 2. The molecule has 33 heavy (non-hydrogen) atoms. The Kier molecular flexibility index (Phi) is 6.75. The highest BCUT2D eigenvalue weighted by Gasteiger charge is 2.38. The van der Waals surface area contributed by atoms with Gasteiger partial charge in [-0.25, -0.2) is 4.98 Å². The summed E-state index contributed by atoms with van der Waals surface area (Å²) in [4.78, 5) is 21.1. The van der Waals surface area contributed by atoms with E-state index in [4.69, 9.17) is 44.5 Å². The number of fused-ring (bicyclic) bond motifs is 1. The number of rotatable bonds is 6. The second kappa shape index (κ2) is 9.60. The van der Waals surface area contributed by atoms with Gasteiger partial charge in [0.05, 0.1) is 26.6 Å². The number of halogens is 3. The predicted molar refractivity (Wildman–Crippen MR) is 138 cm³/mol. The molecule has 2 aromatic heterocycles. The Bertz CT molecular complexity index is 1160. The molecule has 6 nitrogen and oxygen atoms in total. The molecule has 1 amide bonds. The Morgan fingerprint density at radius 3 is 2.73 bits per heavy atom. The molecule has 4 heterocycles. The molecule has 1 aromatic carbocycles. The largest absolute Gasteiger partial charge is 0.491 e. The molecule has 2 aliphatic rings. The minimum absolute atomic E-state index is 0.291. The van der Waals surface area contributed by atoms with Crippen LogP contribution in [0.2, 0.25) is 15.1 Å². The molecule has 2 aliphatic heterocycles. The summed E-state index contributed by atoms with van der Waals surface area (Å²) >= 11 is 21.8. The number of benzene rings is 1. The average Bonchev–Trinajstić information content (AvgIpc) is 3.53. The van der Waals surface area contributed by atoms with Crippen LogP contribution in [0.5, 0.6) is 5.75 Å². The lowest BCUT2D eigenvalue weighted by Gasteiger charge is -2.18. The molecule has 2 unspecified atom stereocenters. The number of thiazole rings is 1. The van der Waals surface area contributed by atoms with Crippen molar-refractivity contribution >= 4 is 73.5 Å². The highest BCUT2D eigenvalue weighted by Crippen LogP contribution is 2.44. The first-order valence-electron chi connectivity index (χ1n) is 10.6. The lowest BCUT2D eigenvalue weighted by Crippen LogP contribution is -2.29. The summed E-state index contributed by atoms with van der Waals surface area (Å²) < 4.78 is 5.45. The van der Waals surface area contributed by atoms with Gasteiger partial charge in [-0.05, 0) is 44.0 Å². The summed E-state index contributed by atoms with van der Waals surface area (Å²) in [6.45, 7) is 5.25. The van der Waals surface area contributed by atoms with E-state index in [0.29, 0.717) is 50.1 Å². The van der Waals surface area contributed by atoms with E-state index in [1.165, 1.54) is 17.8 Å². The standard InChI is InChI=1S/C22H21Cl3N4O2S2/c1-2-31-19-14(24)5-12(6-15(19)25)20(30)28-22-27-18(17-7-13(23)10-32-17)21(33-22)29-8-11-3-4-26-16(11)9-29/h5-7,10-11,16,26H,2-4,8-9H2,1H3,(H,27,28,30). The van der Waals surface area contributed by atoms with E-state index < -0.39 is 0 Å². The number of aromatic nitrogens is 1. The van der Waals surface area contributed by atoms with Crippen LogP contribution in [0.1, 0.15) is 23.7 Å². The van der Waals surface area contributed by atoms with Gasteiger partial charge in [0.15, 0.2) is 10.9 Å². The van der Waals surface area contributed by atoms with Crippen molar-refractivity contribution in [3.63, 3.8) is 0 Å². The number of hydrogen-bond acceptors (Lipinski definition) is 7. The zero-order valence-electron chi connectivity index (χ0n) is 17.7.